The summed E-state index contributed by atoms with van der Waals surface area (Å²) in [5.41, 5.74) is -0.462. The van der Waals surface area contributed by atoms with E-state index in [1.807, 2.05) is 45.2 Å². The first-order chi connectivity index (χ1) is 10.3. The average molecular weight is 305 g/mol. The summed E-state index contributed by atoms with van der Waals surface area (Å²) in [5, 5.41) is 2.97. The monoisotopic (exact) mass is 305 g/mol. The van der Waals surface area contributed by atoms with Gasteiger partial charge in [0, 0.05) is 25.3 Å². The number of ether oxygens (including phenoxy) is 1. The zero-order valence-corrected chi connectivity index (χ0v) is 14.0. The molecule has 1 saturated heterocycles. The third-order valence-electron chi connectivity index (χ3n) is 3.88. The predicted molar refractivity (Wildman–Crippen MR) is 88.0 cm³/mol. The molecule has 5 heteroatoms. The Morgan fingerprint density at radius 2 is 2.23 bits per heavy atom. The Morgan fingerprint density at radius 1 is 1.45 bits per heavy atom. The zero-order valence-electron chi connectivity index (χ0n) is 14.0. The van der Waals surface area contributed by atoms with E-state index in [9.17, 15) is 4.79 Å². The number of anilines is 1. The van der Waals surface area contributed by atoms with E-state index < -0.39 is 5.60 Å². The fourth-order valence-electron chi connectivity index (χ4n) is 2.78. The summed E-state index contributed by atoms with van der Waals surface area (Å²) in [4.78, 5) is 18.6. The van der Waals surface area contributed by atoms with E-state index in [0.29, 0.717) is 5.92 Å². The number of aromatic nitrogens is 1. The Morgan fingerprint density at radius 3 is 2.86 bits per heavy atom. The van der Waals surface area contributed by atoms with Gasteiger partial charge in [0.15, 0.2) is 0 Å². The molecule has 2 rings (SSSR count). The first-order valence-electron chi connectivity index (χ1n) is 8.00. The second-order valence-corrected chi connectivity index (χ2v) is 6.97. The Hall–Kier alpha value is -1.78. The number of carbonyl (C=O) groups is 1. The van der Waals surface area contributed by atoms with Crippen molar-refractivity contribution in [2.45, 2.75) is 52.2 Å². The summed E-state index contributed by atoms with van der Waals surface area (Å²) in [7, 11) is 0. The van der Waals surface area contributed by atoms with Crippen molar-refractivity contribution in [2.24, 2.45) is 5.92 Å². The van der Waals surface area contributed by atoms with Crippen molar-refractivity contribution in [3.05, 3.63) is 24.4 Å². The second-order valence-electron chi connectivity index (χ2n) is 6.97. The molecule has 0 spiro atoms. The summed E-state index contributed by atoms with van der Waals surface area (Å²) in [6.07, 6.45) is 3.71. The van der Waals surface area contributed by atoms with Gasteiger partial charge in [-0.2, -0.15) is 0 Å². The molecule has 0 bridgehead atoms. The molecule has 1 fully saturated rings. The molecule has 1 aromatic rings. The fraction of sp³-hybridized carbons (Fsp3) is 0.647. The Bertz CT molecular complexity index is 484. The van der Waals surface area contributed by atoms with Gasteiger partial charge in [0.1, 0.15) is 11.4 Å². The van der Waals surface area contributed by atoms with Gasteiger partial charge in [-0.1, -0.05) is 6.07 Å². The van der Waals surface area contributed by atoms with Crippen LogP contribution in [0.3, 0.4) is 0 Å². The summed E-state index contributed by atoms with van der Waals surface area (Å²) in [6.45, 7) is 9.61. The third-order valence-corrected chi connectivity index (χ3v) is 3.88. The van der Waals surface area contributed by atoms with E-state index in [2.05, 4.69) is 22.1 Å². The van der Waals surface area contributed by atoms with Crippen LogP contribution in [0.5, 0.6) is 0 Å². The molecule has 1 amide bonds. The Balaban J connectivity index is 1.90. The normalized spacial score (nSPS) is 20.4. The van der Waals surface area contributed by atoms with E-state index in [4.69, 9.17) is 4.74 Å². The molecule has 2 atom stereocenters. The van der Waals surface area contributed by atoms with E-state index in [1.54, 1.807) is 0 Å². The smallest absolute Gasteiger partial charge is 0.407 e. The second kappa shape index (κ2) is 6.99. The lowest BCUT2D eigenvalue weighted by atomic mass is 9.91. The highest BCUT2D eigenvalue weighted by atomic mass is 16.6. The Kier molecular flexibility index (Phi) is 5.27. The van der Waals surface area contributed by atoms with Crippen molar-refractivity contribution < 1.29 is 9.53 Å². The molecule has 0 aromatic carbocycles. The van der Waals surface area contributed by atoms with Crippen LogP contribution in [0.2, 0.25) is 0 Å². The first-order valence-corrected chi connectivity index (χ1v) is 8.00. The highest BCUT2D eigenvalue weighted by molar-refractivity contribution is 5.68. The highest BCUT2D eigenvalue weighted by Gasteiger charge is 2.27. The maximum absolute atomic E-state index is 11.9. The summed E-state index contributed by atoms with van der Waals surface area (Å²) < 4.78 is 5.33. The minimum atomic E-state index is -0.462. The van der Waals surface area contributed by atoms with Crippen molar-refractivity contribution in [2.75, 3.05) is 18.0 Å². The molecule has 1 N–H and O–H groups in total. The number of piperidine rings is 1. The minimum absolute atomic E-state index is 0.0846. The van der Waals surface area contributed by atoms with Crippen molar-refractivity contribution in [3.8, 4) is 0 Å². The number of nitrogens with zero attached hydrogens (tertiary/aromatic N) is 2. The lowest BCUT2D eigenvalue weighted by molar-refractivity contribution is 0.0489. The molecule has 2 unspecified atom stereocenters. The van der Waals surface area contributed by atoms with Crippen LogP contribution < -0.4 is 10.2 Å². The van der Waals surface area contributed by atoms with Crippen LogP contribution in [0.4, 0.5) is 10.6 Å². The van der Waals surface area contributed by atoms with Crippen LogP contribution in [0.25, 0.3) is 0 Å². The lowest BCUT2D eigenvalue weighted by Gasteiger charge is -2.36. The largest absolute Gasteiger partial charge is 0.444 e. The highest BCUT2D eigenvalue weighted by Crippen LogP contribution is 2.23. The summed E-state index contributed by atoms with van der Waals surface area (Å²) in [5.74, 6) is 1.42. The van der Waals surface area contributed by atoms with E-state index in [-0.39, 0.29) is 12.1 Å². The van der Waals surface area contributed by atoms with Crippen LogP contribution in [-0.4, -0.2) is 35.8 Å². The predicted octanol–water partition coefficient (Wildman–Crippen LogP) is 3.21. The molecular formula is C17H27N3O2. The van der Waals surface area contributed by atoms with Gasteiger partial charge in [0.2, 0.25) is 0 Å². The third kappa shape index (κ3) is 4.90. The summed E-state index contributed by atoms with van der Waals surface area (Å²) >= 11 is 0. The van der Waals surface area contributed by atoms with E-state index >= 15 is 0 Å². The average Bonchev–Trinajstić information content (AvgIpc) is 2.46. The standard InChI is InChI=1S/C17H27N3O2/c1-13(19-16(21)22-17(2,3)4)14-8-7-11-20(12-14)15-9-5-6-10-18-15/h5-6,9-10,13-14H,7-8,11-12H2,1-4H3,(H,19,21). The number of alkyl carbamates (subject to hydrolysis) is 1. The Labute approximate surface area is 133 Å². The minimum Gasteiger partial charge on any atom is -0.444 e. The first kappa shape index (κ1) is 16.6. The number of pyridine rings is 1. The van der Waals surface area contributed by atoms with Gasteiger partial charge < -0.3 is 15.0 Å². The molecule has 22 heavy (non-hydrogen) atoms. The quantitative estimate of drug-likeness (QED) is 0.931. The van der Waals surface area contributed by atoms with Gasteiger partial charge in [-0.15, -0.1) is 0 Å². The SMILES string of the molecule is CC(NC(=O)OC(C)(C)C)C1CCCN(c2ccccn2)C1. The zero-order chi connectivity index (χ0) is 16.2. The van der Waals surface area contributed by atoms with Gasteiger partial charge in [-0.05, 0) is 58.6 Å². The number of rotatable bonds is 3. The number of hydrogen-bond acceptors (Lipinski definition) is 4. The molecular weight excluding hydrogens is 278 g/mol. The van der Waals surface area contributed by atoms with Crippen LogP contribution in [0.15, 0.2) is 24.4 Å². The van der Waals surface area contributed by atoms with Gasteiger partial charge in [-0.3, -0.25) is 0 Å². The molecule has 2 heterocycles. The lowest BCUT2D eigenvalue weighted by Crippen LogP contribution is -2.47. The van der Waals surface area contributed by atoms with Gasteiger partial charge >= 0.3 is 6.09 Å². The number of amides is 1. The van der Waals surface area contributed by atoms with Gasteiger partial charge in [0.25, 0.3) is 0 Å². The van der Waals surface area contributed by atoms with Crippen LogP contribution >= 0.6 is 0 Å². The van der Waals surface area contributed by atoms with Gasteiger partial charge in [-0.25, -0.2) is 9.78 Å². The molecule has 0 aliphatic carbocycles. The van der Waals surface area contributed by atoms with Gasteiger partial charge in [0.05, 0.1) is 0 Å². The maximum Gasteiger partial charge on any atom is 0.407 e. The number of nitrogens with one attached hydrogen (secondary N) is 1. The molecule has 122 valence electrons. The maximum atomic E-state index is 11.9. The van der Waals surface area contributed by atoms with Crippen molar-refractivity contribution >= 4 is 11.9 Å². The van der Waals surface area contributed by atoms with Crippen molar-refractivity contribution in [3.63, 3.8) is 0 Å². The summed E-state index contributed by atoms with van der Waals surface area (Å²) in [6, 6.07) is 6.06. The molecule has 1 aliphatic rings. The molecule has 0 radical (unpaired) electrons. The number of carbonyl (C=O) groups excluding carboxylic acids is 1. The fourth-order valence-corrected chi connectivity index (χ4v) is 2.78. The molecule has 1 aromatic heterocycles. The van der Waals surface area contributed by atoms with Crippen LogP contribution in [0.1, 0.15) is 40.5 Å². The molecule has 0 saturated carbocycles. The van der Waals surface area contributed by atoms with E-state index in [1.165, 1.54) is 0 Å². The van der Waals surface area contributed by atoms with Crippen molar-refractivity contribution in [1.82, 2.24) is 10.3 Å². The molecule has 1 aliphatic heterocycles. The topological polar surface area (TPSA) is 54.5 Å². The van der Waals surface area contributed by atoms with Crippen LogP contribution in [0, 0.1) is 5.92 Å². The van der Waals surface area contributed by atoms with Crippen molar-refractivity contribution in [1.29, 1.82) is 0 Å². The van der Waals surface area contributed by atoms with E-state index in [0.717, 1.165) is 31.7 Å². The molecule has 5 nitrogen and oxygen atoms in total. The number of hydrogen-bond donors (Lipinski definition) is 1. The van der Waals surface area contributed by atoms with Crippen LogP contribution in [-0.2, 0) is 4.74 Å².